The Hall–Kier alpha value is -1.22. The molecule has 1 aromatic rings. The number of methoxy groups -OCH3 is 1. The smallest absolute Gasteiger partial charge is 0.191 e. The van der Waals surface area contributed by atoms with Gasteiger partial charge < -0.3 is 25.0 Å². The molecule has 1 saturated heterocycles. The Morgan fingerprint density at radius 2 is 1.96 bits per heavy atom. The van der Waals surface area contributed by atoms with E-state index >= 15 is 0 Å². The highest BCUT2D eigenvalue weighted by atomic mass is 127. The minimum absolute atomic E-state index is 0. The molecule has 28 heavy (non-hydrogen) atoms. The van der Waals surface area contributed by atoms with Gasteiger partial charge in [-0.15, -0.1) is 24.0 Å². The van der Waals surface area contributed by atoms with Gasteiger partial charge in [-0.3, -0.25) is 4.99 Å². The number of guanidine groups is 1. The molecule has 0 spiro atoms. The molecule has 6 nitrogen and oxygen atoms in total. The van der Waals surface area contributed by atoms with Crippen LogP contribution in [0.3, 0.4) is 0 Å². The molecule has 2 rings (SSSR count). The lowest BCUT2D eigenvalue weighted by atomic mass is 9.99. The summed E-state index contributed by atoms with van der Waals surface area (Å²) in [7, 11) is 3.47. The number of benzene rings is 1. The Morgan fingerprint density at radius 3 is 2.61 bits per heavy atom. The van der Waals surface area contributed by atoms with Gasteiger partial charge >= 0.3 is 0 Å². The van der Waals surface area contributed by atoms with Crippen molar-refractivity contribution in [3.8, 4) is 11.5 Å². The summed E-state index contributed by atoms with van der Waals surface area (Å²) in [5.41, 5.74) is 1.13. The molecule has 7 heteroatoms. The van der Waals surface area contributed by atoms with E-state index in [4.69, 9.17) is 9.47 Å². The number of nitrogens with zero attached hydrogens (tertiary/aromatic N) is 2. The second kappa shape index (κ2) is 13.9. The van der Waals surface area contributed by atoms with Crippen LogP contribution in [0.15, 0.2) is 23.2 Å². The van der Waals surface area contributed by atoms with Crippen LogP contribution in [0.1, 0.15) is 38.7 Å². The molecule has 0 unspecified atom stereocenters. The summed E-state index contributed by atoms with van der Waals surface area (Å²) < 4.78 is 11.0. The van der Waals surface area contributed by atoms with Crippen molar-refractivity contribution in [3.63, 3.8) is 0 Å². The zero-order valence-corrected chi connectivity index (χ0v) is 20.1. The minimum atomic E-state index is 0. The molecular weight excluding hydrogens is 467 g/mol. The fourth-order valence-corrected chi connectivity index (χ4v) is 3.30. The van der Waals surface area contributed by atoms with Gasteiger partial charge in [-0.2, -0.15) is 0 Å². The molecule has 0 amide bonds. The van der Waals surface area contributed by atoms with Gasteiger partial charge in [-0.25, -0.2) is 0 Å². The summed E-state index contributed by atoms with van der Waals surface area (Å²) in [4.78, 5) is 6.89. The molecule has 0 aliphatic carbocycles. The van der Waals surface area contributed by atoms with Crippen molar-refractivity contribution >= 4 is 29.9 Å². The zero-order chi connectivity index (χ0) is 19.5. The van der Waals surface area contributed by atoms with Gasteiger partial charge in [0.2, 0.25) is 0 Å². The fourth-order valence-electron chi connectivity index (χ4n) is 3.30. The van der Waals surface area contributed by atoms with Crippen LogP contribution in [0, 0.1) is 5.92 Å². The first-order valence-electron chi connectivity index (χ1n) is 10.1. The van der Waals surface area contributed by atoms with Gasteiger partial charge in [0.1, 0.15) is 0 Å². The Balaban J connectivity index is 0.00000392. The van der Waals surface area contributed by atoms with Crippen LogP contribution in [-0.2, 0) is 6.54 Å². The number of aliphatic imine (C=N–C) groups is 1. The summed E-state index contributed by atoms with van der Waals surface area (Å²) >= 11 is 0. The molecular formula is C21H37IN4O2. The average Bonchev–Trinajstić information content (AvgIpc) is 2.69. The quantitative estimate of drug-likeness (QED) is 0.234. The Labute approximate surface area is 187 Å². The Kier molecular flexibility index (Phi) is 12.3. The first-order chi connectivity index (χ1) is 13.2. The normalized spacial score (nSPS) is 15.6. The van der Waals surface area contributed by atoms with Crippen LogP contribution in [0.4, 0.5) is 0 Å². The molecule has 160 valence electrons. The fraction of sp³-hybridized carbons (Fsp3) is 0.667. The van der Waals surface area contributed by atoms with E-state index in [2.05, 4.69) is 27.4 Å². The number of likely N-dealkylation sites (tertiary alicyclic amines) is 1. The van der Waals surface area contributed by atoms with Crippen molar-refractivity contribution < 1.29 is 9.47 Å². The highest BCUT2D eigenvalue weighted by Gasteiger charge is 2.14. The topological polar surface area (TPSA) is 58.1 Å². The predicted octanol–water partition coefficient (Wildman–Crippen LogP) is 3.50. The van der Waals surface area contributed by atoms with Crippen LogP contribution in [0.25, 0.3) is 0 Å². The van der Waals surface area contributed by atoms with Crippen LogP contribution in [0.2, 0.25) is 0 Å². The lowest BCUT2D eigenvalue weighted by Crippen LogP contribution is -2.39. The largest absolute Gasteiger partial charge is 0.493 e. The summed E-state index contributed by atoms with van der Waals surface area (Å²) in [6.07, 6.45) is 3.80. The SMILES string of the molecule is CCOc1cc(CNC(=NC)NCCCN2CCC(C)CC2)ccc1OC.I. The molecule has 0 saturated carbocycles. The maximum absolute atomic E-state index is 5.64. The van der Waals surface area contributed by atoms with E-state index < -0.39 is 0 Å². The third-order valence-corrected chi connectivity index (χ3v) is 5.03. The number of ether oxygens (including phenoxy) is 2. The second-order valence-corrected chi connectivity index (χ2v) is 7.15. The molecule has 0 radical (unpaired) electrons. The average molecular weight is 504 g/mol. The summed E-state index contributed by atoms with van der Waals surface area (Å²) in [5, 5.41) is 6.77. The summed E-state index contributed by atoms with van der Waals surface area (Å²) in [6, 6.07) is 6.00. The van der Waals surface area contributed by atoms with Crippen molar-refractivity contribution in [2.24, 2.45) is 10.9 Å². The molecule has 0 bridgehead atoms. The molecule has 1 aliphatic heterocycles. The van der Waals surface area contributed by atoms with Gasteiger partial charge in [0.25, 0.3) is 0 Å². The van der Waals surface area contributed by atoms with E-state index in [1.807, 2.05) is 25.1 Å². The second-order valence-electron chi connectivity index (χ2n) is 7.15. The maximum Gasteiger partial charge on any atom is 0.191 e. The third kappa shape index (κ3) is 8.43. The van der Waals surface area contributed by atoms with Crippen molar-refractivity contribution in [1.82, 2.24) is 15.5 Å². The van der Waals surface area contributed by atoms with E-state index in [-0.39, 0.29) is 24.0 Å². The minimum Gasteiger partial charge on any atom is -0.493 e. The molecule has 2 N–H and O–H groups in total. The van der Waals surface area contributed by atoms with Crippen molar-refractivity contribution in [1.29, 1.82) is 0 Å². The van der Waals surface area contributed by atoms with E-state index in [0.717, 1.165) is 48.5 Å². The standard InChI is InChI=1S/C21H36N4O2.HI/c1-5-27-20-15-18(7-8-19(20)26-4)16-24-21(22-3)23-11-6-12-25-13-9-17(2)10-14-25;/h7-8,15,17H,5-6,9-14,16H2,1-4H3,(H2,22,23,24);1H. The van der Waals surface area contributed by atoms with Gasteiger partial charge in [-0.1, -0.05) is 13.0 Å². The Bertz CT molecular complexity index is 590. The number of hydrogen-bond acceptors (Lipinski definition) is 4. The van der Waals surface area contributed by atoms with Crippen LogP contribution >= 0.6 is 24.0 Å². The number of nitrogens with one attached hydrogen (secondary N) is 2. The summed E-state index contributed by atoms with van der Waals surface area (Å²) in [5.74, 6) is 3.26. The number of hydrogen-bond donors (Lipinski definition) is 2. The predicted molar refractivity (Wildman–Crippen MR) is 127 cm³/mol. The van der Waals surface area contributed by atoms with Gasteiger partial charge in [0.15, 0.2) is 17.5 Å². The van der Waals surface area contributed by atoms with Gasteiger partial charge in [-0.05, 0) is 69.4 Å². The van der Waals surface area contributed by atoms with E-state index in [9.17, 15) is 0 Å². The van der Waals surface area contributed by atoms with Crippen molar-refractivity contribution in [2.75, 3.05) is 46.9 Å². The molecule has 1 fully saturated rings. The molecule has 1 heterocycles. The van der Waals surface area contributed by atoms with E-state index in [1.165, 1.54) is 25.9 Å². The van der Waals surface area contributed by atoms with E-state index in [0.29, 0.717) is 13.2 Å². The molecule has 1 aromatic carbocycles. The lowest BCUT2D eigenvalue weighted by molar-refractivity contribution is 0.191. The Morgan fingerprint density at radius 1 is 1.21 bits per heavy atom. The summed E-state index contributed by atoms with van der Waals surface area (Å²) in [6.45, 7) is 10.2. The molecule has 0 aromatic heterocycles. The highest BCUT2D eigenvalue weighted by Crippen LogP contribution is 2.27. The van der Waals surface area contributed by atoms with Crippen LogP contribution in [-0.4, -0.2) is 57.8 Å². The third-order valence-electron chi connectivity index (χ3n) is 5.03. The highest BCUT2D eigenvalue weighted by molar-refractivity contribution is 14.0. The maximum atomic E-state index is 5.64. The first kappa shape index (κ1) is 24.8. The van der Waals surface area contributed by atoms with Gasteiger partial charge in [0, 0.05) is 20.1 Å². The lowest BCUT2D eigenvalue weighted by Gasteiger charge is -2.30. The zero-order valence-electron chi connectivity index (χ0n) is 17.8. The molecule has 1 aliphatic rings. The number of rotatable bonds is 9. The monoisotopic (exact) mass is 504 g/mol. The van der Waals surface area contributed by atoms with E-state index in [1.54, 1.807) is 14.2 Å². The van der Waals surface area contributed by atoms with Crippen LogP contribution in [0.5, 0.6) is 11.5 Å². The van der Waals surface area contributed by atoms with Crippen molar-refractivity contribution in [2.45, 2.75) is 39.7 Å². The number of halogens is 1. The van der Waals surface area contributed by atoms with Gasteiger partial charge in [0.05, 0.1) is 13.7 Å². The number of piperidine rings is 1. The first-order valence-corrected chi connectivity index (χ1v) is 10.1. The molecule has 0 atom stereocenters. The van der Waals surface area contributed by atoms with Crippen molar-refractivity contribution in [3.05, 3.63) is 23.8 Å². The van der Waals surface area contributed by atoms with Crippen LogP contribution < -0.4 is 20.1 Å².